The van der Waals surface area contributed by atoms with Gasteiger partial charge in [-0.2, -0.15) is 0 Å². The first-order valence-corrected chi connectivity index (χ1v) is 11.4. The van der Waals surface area contributed by atoms with E-state index in [-0.39, 0.29) is 0 Å². The Morgan fingerprint density at radius 2 is 1.85 bits per heavy atom. The third-order valence-electron chi connectivity index (χ3n) is 5.85. The van der Waals surface area contributed by atoms with E-state index in [4.69, 9.17) is 4.99 Å². The maximum Gasteiger partial charge on any atom is 0.242 e. The molecule has 1 saturated heterocycles. The molecule has 2 fully saturated rings. The van der Waals surface area contributed by atoms with Crippen LogP contribution in [0.15, 0.2) is 34.2 Å². The Bertz CT molecular complexity index is 766. The van der Waals surface area contributed by atoms with Gasteiger partial charge in [-0.05, 0) is 49.3 Å². The molecule has 0 unspecified atom stereocenters. The summed E-state index contributed by atoms with van der Waals surface area (Å²) in [6.45, 7) is 5.68. The van der Waals surface area contributed by atoms with Crippen LogP contribution in [0, 0.1) is 5.41 Å². The molecule has 1 heterocycles. The molecule has 1 aliphatic heterocycles. The van der Waals surface area contributed by atoms with Crippen molar-refractivity contribution in [2.75, 3.05) is 33.7 Å². The van der Waals surface area contributed by atoms with E-state index in [9.17, 15) is 8.42 Å². The van der Waals surface area contributed by atoms with Crippen LogP contribution in [-0.2, 0) is 16.6 Å². The van der Waals surface area contributed by atoms with Gasteiger partial charge in [0.2, 0.25) is 10.0 Å². The number of likely N-dealkylation sites (tertiary alicyclic amines) is 1. The second-order valence-corrected chi connectivity index (χ2v) is 10.1. The molecule has 0 radical (unpaired) electrons. The molecule has 150 valence electrons. The van der Waals surface area contributed by atoms with E-state index in [1.165, 1.54) is 36.4 Å². The molecule has 1 N–H and O–H groups in total. The summed E-state index contributed by atoms with van der Waals surface area (Å²) in [7, 11) is -0.293. The van der Waals surface area contributed by atoms with Crippen molar-refractivity contribution >= 4 is 16.0 Å². The molecule has 1 spiro atoms. The summed E-state index contributed by atoms with van der Waals surface area (Å²) in [5.41, 5.74) is 1.52. The van der Waals surface area contributed by atoms with Gasteiger partial charge >= 0.3 is 0 Å². The number of rotatable bonds is 5. The Morgan fingerprint density at radius 3 is 2.44 bits per heavy atom. The normalized spacial score (nSPS) is 20.0. The minimum absolute atomic E-state index is 0.315. The van der Waals surface area contributed by atoms with Gasteiger partial charge in [-0.15, -0.1) is 0 Å². The summed E-state index contributed by atoms with van der Waals surface area (Å²) in [5, 5.41) is 3.43. The molecule has 1 aromatic rings. The van der Waals surface area contributed by atoms with E-state index in [0.29, 0.717) is 16.9 Å². The fourth-order valence-electron chi connectivity index (χ4n) is 4.22. The summed E-state index contributed by atoms with van der Waals surface area (Å²) in [6, 6.07) is 7.03. The van der Waals surface area contributed by atoms with Crippen LogP contribution in [0.3, 0.4) is 0 Å². The first-order valence-electron chi connectivity index (χ1n) is 9.91. The number of nitrogens with one attached hydrogen (secondary N) is 1. The van der Waals surface area contributed by atoms with E-state index >= 15 is 0 Å². The molecule has 2 aliphatic rings. The Kier molecular flexibility index (Phi) is 6.11. The van der Waals surface area contributed by atoms with E-state index in [1.807, 2.05) is 12.1 Å². The van der Waals surface area contributed by atoms with Gasteiger partial charge in [0.05, 0.1) is 11.4 Å². The highest BCUT2D eigenvalue weighted by atomic mass is 32.2. The zero-order chi connectivity index (χ0) is 19.5. The average molecular weight is 393 g/mol. The fourth-order valence-corrected chi connectivity index (χ4v) is 5.12. The van der Waals surface area contributed by atoms with Gasteiger partial charge < -0.3 is 10.2 Å². The maximum absolute atomic E-state index is 12.2. The monoisotopic (exact) mass is 392 g/mol. The second kappa shape index (κ2) is 8.19. The van der Waals surface area contributed by atoms with Crippen LogP contribution in [0.25, 0.3) is 0 Å². The van der Waals surface area contributed by atoms with Crippen molar-refractivity contribution in [3.8, 4) is 0 Å². The van der Waals surface area contributed by atoms with Crippen molar-refractivity contribution in [3.05, 3.63) is 29.8 Å². The molecular formula is C20H32N4O2S. The van der Waals surface area contributed by atoms with Crippen molar-refractivity contribution < 1.29 is 8.42 Å². The molecule has 7 heteroatoms. The van der Waals surface area contributed by atoms with Crippen LogP contribution in [0.1, 0.15) is 44.6 Å². The Labute approximate surface area is 163 Å². The molecule has 1 saturated carbocycles. The molecule has 0 bridgehead atoms. The third kappa shape index (κ3) is 4.46. The van der Waals surface area contributed by atoms with Gasteiger partial charge in [-0.3, -0.25) is 0 Å². The predicted octanol–water partition coefficient (Wildman–Crippen LogP) is 2.67. The van der Waals surface area contributed by atoms with Crippen LogP contribution < -0.4 is 5.32 Å². The van der Waals surface area contributed by atoms with E-state index in [0.717, 1.165) is 31.2 Å². The van der Waals surface area contributed by atoms with E-state index in [2.05, 4.69) is 17.1 Å². The first-order chi connectivity index (χ1) is 12.9. The van der Waals surface area contributed by atoms with Crippen LogP contribution in [0.2, 0.25) is 0 Å². The number of aliphatic imine (C=N–C) groups is 1. The SMILES string of the molecule is CCNC(=NCc1ccc(S(=O)(=O)N(C)C)cc1)N1CCC2(CCCC2)C1. The molecule has 6 nitrogen and oxygen atoms in total. The predicted molar refractivity (Wildman–Crippen MR) is 109 cm³/mol. The standard InChI is InChI=1S/C20H32N4O2S/c1-4-21-19(24-14-13-20(16-24)11-5-6-12-20)22-15-17-7-9-18(10-8-17)27(25,26)23(2)3/h7-10H,4-6,11-16H2,1-3H3,(H,21,22). The maximum atomic E-state index is 12.2. The number of sulfonamides is 1. The number of hydrogen-bond acceptors (Lipinski definition) is 3. The van der Waals surface area contributed by atoms with Crippen molar-refractivity contribution in [3.63, 3.8) is 0 Å². The Balaban J connectivity index is 1.68. The van der Waals surface area contributed by atoms with Gasteiger partial charge in [-0.25, -0.2) is 17.7 Å². The zero-order valence-electron chi connectivity index (χ0n) is 16.7. The summed E-state index contributed by atoms with van der Waals surface area (Å²) >= 11 is 0. The van der Waals surface area contributed by atoms with Gasteiger partial charge in [-0.1, -0.05) is 25.0 Å². The average Bonchev–Trinajstić information content (AvgIpc) is 3.29. The largest absolute Gasteiger partial charge is 0.357 e. The lowest BCUT2D eigenvalue weighted by Crippen LogP contribution is -2.41. The molecule has 1 aromatic carbocycles. The topological polar surface area (TPSA) is 65.0 Å². The lowest BCUT2D eigenvalue weighted by Gasteiger charge is -2.26. The summed E-state index contributed by atoms with van der Waals surface area (Å²) in [6.07, 6.45) is 6.71. The lowest BCUT2D eigenvalue weighted by atomic mass is 9.86. The molecule has 0 atom stereocenters. The zero-order valence-corrected chi connectivity index (χ0v) is 17.6. The molecule has 3 rings (SSSR count). The summed E-state index contributed by atoms with van der Waals surface area (Å²) in [5.74, 6) is 0.978. The lowest BCUT2D eigenvalue weighted by molar-refractivity contribution is 0.309. The smallest absolute Gasteiger partial charge is 0.242 e. The van der Waals surface area contributed by atoms with Crippen molar-refractivity contribution in [1.82, 2.24) is 14.5 Å². The van der Waals surface area contributed by atoms with Gasteiger partial charge in [0.25, 0.3) is 0 Å². The Morgan fingerprint density at radius 1 is 1.19 bits per heavy atom. The van der Waals surface area contributed by atoms with Crippen LogP contribution in [-0.4, -0.2) is 57.3 Å². The highest BCUT2D eigenvalue weighted by molar-refractivity contribution is 7.89. The molecular weight excluding hydrogens is 360 g/mol. The fraction of sp³-hybridized carbons (Fsp3) is 0.650. The number of guanidine groups is 1. The minimum atomic E-state index is -3.38. The third-order valence-corrected chi connectivity index (χ3v) is 7.68. The summed E-state index contributed by atoms with van der Waals surface area (Å²) < 4.78 is 25.6. The van der Waals surface area contributed by atoms with Crippen molar-refractivity contribution in [2.24, 2.45) is 10.4 Å². The molecule has 0 amide bonds. The highest BCUT2D eigenvalue weighted by Crippen LogP contribution is 2.45. The van der Waals surface area contributed by atoms with E-state index in [1.54, 1.807) is 26.2 Å². The van der Waals surface area contributed by atoms with Crippen LogP contribution >= 0.6 is 0 Å². The molecule has 27 heavy (non-hydrogen) atoms. The van der Waals surface area contributed by atoms with Gasteiger partial charge in [0, 0.05) is 33.7 Å². The van der Waals surface area contributed by atoms with E-state index < -0.39 is 10.0 Å². The second-order valence-electron chi connectivity index (χ2n) is 7.98. The van der Waals surface area contributed by atoms with Crippen molar-refractivity contribution in [2.45, 2.75) is 50.5 Å². The van der Waals surface area contributed by atoms with Crippen LogP contribution in [0.5, 0.6) is 0 Å². The highest BCUT2D eigenvalue weighted by Gasteiger charge is 2.41. The molecule has 0 aromatic heterocycles. The number of nitrogens with zero attached hydrogens (tertiary/aromatic N) is 3. The quantitative estimate of drug-likeness (QED) is 0.618. The summed E-state index contributed by atoms with van der Waals surface area (Å²) in [4.78, 5) is 7.54. The Hall–Kier alpha value is -1.60. The van der Waals surface area contributed by atoms with Crippen molar-refractivity contribution in [1.29, 1.82) is 0 Å². The van der Waals surface area contributed by atoms with Crippen LogP contribution in [0.4, 0.5) is 0 Å². The molecule has 1 aliphatic carbocycles. The minimum Gasteiger partial charge on any atom is -0.357 e. The first kappa shape index (κ1) is 20.1. The van der Waals surface area contributed by atoms with Gasteiger partial charge in [0.1, 0.15) is 0 Å². The number of benzene rings is 1. The van der Waals surface area contributed by atoms with Gasteiger partial charge in [0.15, 0.2) is 5.96 Å². The number of hydrogen-bond donors (Lipinski definition) is 1.